The maximum atomic E-state index is 13.8. The molecule has 1 aromatic heterocycles. The van der Waals surface area contributed by atoms with Crippen LogP contribution in [-0.2, 0) is 17.6 Å². The first-order valence-corrected chi connectivity index (χ1v) is 11.9. The molecule has 2 heterocycles. The molecule has 1 aliphatic heterocycles. The number of ether oxygens (including phenoxy) is 2. The Bertz CT molecular complexity index is 1270. The summed E-state index contributed by atoms with van der Waals surface area (Å²) in [6.07, 6.45) is 3.85. The minimum atomic E-state index is -0.254. The van der Waals surface area contributed by atoms with Crippen LogP contribution in [-0.4, -0.2) is 48.0 Å². The van der Waals surface area contributed by atoms with Crippen LogP contribution in [0.2, 0.25) is 0 Å². The molecular formula is C27H29N3O4. The maximum absolute atomic E-state index is 13.8. The number of fused-ring (bicyclic) bond motifs is 3. The second kappa shape index (κ2) is 9.33. The molecule has 7 nitrogen and oxygen atoms in total. The van der Waals surface area contributed by atoms with Gasteiger partial charge in [0.1, 0.15) is 19.8 Å². The van der Waals surface area contributed by atoms with Gasteiger partial charge in [0.2, 0.25) is 5.91 Å². The Labute approximate surface area is 199 Å². The van der Waals surface area contributed by atoms with Crippen molar-refractivity contribution in [3.05, 3.63) is 58.8 Å². The van der Waals surface area contributed by atoms with Crippen molar-refractivity contribution in [2.45, 2.75) is 39.5 Å². The molecule has 2 aromatic carbocycles. The fourth-order valence-electron chi connectivity index (χ4n) is 4.76. The summed E-state index contributed by atoms with van der Waals surface area (Å²) >= 11 is 0. The molecular weight excluding hydrogens is 430 g/mol. The van der Waals surface area contributed by atoms with Crippen LogP contribution in [0.4, 0.5) is 5.69 Å². The molecule has 5 rings (SSSR count). The summed E-state index contributed by atoms with van der Waals surface area (Å²) in [6.45, 7) is 5.30. The van der Waals surface area contributed by atoms with Crippen molar-refractivity contribution in [3.8, 4) is 11.5 Å². The van der Waals surface area contributed by atoms with Crippen LogP contribution in [0.25, 0.3) is 10.9 Å². The number of aromatic nitrogens is 1. The van der Waals surface area contributed by atoms with Gasteiger partial charge in [-0.25, -0.2) is 0 Å². The predicted octanol–water partition coefficient (Wildman–Crippen LogP) is 4.29. The smallest absolute Gasteiger partial charge is 0.255 e. The number of rotatable bonds is 5. The van der Waals surface area contributed by atoms with Crippen molar-refractivity contribution >= 4 is 28.4 Å². The lowest BCUT2D eigenvalue weighted by Crippen LogP contribution is -2.38. The Balaban J connectivity index is 1.41. The minimum absolute atomic E-state index is 0.0336. The van der Waals surface area contributed by atoms with Gasteiger partial charge in [0.15, 0.2) is 11.5 Å². The van der Waals surface area contributed by atoms with E-state index in [0.717, 1.165) is 53.4 Å². The molecule has 176 valence electrons. The number of likely N-dealkylation sites (N-methyl/N-ethyl adjacent to an activating group) is 1. The van der Waals surface area contributed by atoms with E-state index in [1.54, 1.807) is 23.1 Å². The molecule has 0 bridgehead atoms. The quantitative estimate of drug-likeness (QED) is 0.616. The van der Waals surface area contributed by atoms with Gasteiger partial charge in [-0.2, -0.15) is 0 Å². The van der Waals surface area contributed by atoms with Crippen LogP contribution in [0.5, 0.6) is 11.5 Å². The third-order valence-corrected chi connectivity index (χ3v) is 6.46. The van der Waals surface area contributed by atoms with Gasteiger partial charge in [-0.1, -0.05) is 11.6 Å². The van der Waals surface area contributed by atoms with Crippen LogP contribution in [0.15, 0.2) is 36.4 Å². The van der Waals surface area contributed by atoms with Crippen molar-refractivity contribution < 1.29 is 19.1 Å². The molecule has 34 heavy (non-hydrogen) atoms. The van der Waals surface area contributed by atoms with Crippen molar-refractivity contribution in [2.24, 2.45) is 0 Å². The van der Waals surface area contributed by atoms with Gasteiger partial charge >= 0.3 is 0 Å². The highest BCUT2D eigenvalue weighted by molar-refractivity contribution is 6.09. The number of amides is 2. The number of pyridine rings is 1. The number of carbonyl (C=O) groups is 2. The van der Waals surface area contributed by atoms with Crippen LogP contribution in [0.1, 0.15) is 46.9 Å². The highest BCUT2D eigenvalue weighted by Crippen LogP contribution is 2.33. The number of hydrogen-bond donors (Lipinski definition) is 1. The largest absolute Gasteiger partial charge is 0.486 e. The van der Waals surface area contributed by atoms with Gasteiger partial charge in [0.05, 0.1) is 11.1 Å². The topological polar surface area (TPSA) is 80.8 Å². The minimum Gasteiger partial charge on any atom is -0.486 e. The zero-order valence-corrected chi connectivity index (χ0v) is 19.6. The molecule has 0 spiro atoms. The monoisotopic (exact) mass is 459 g/mol. The molecule has 1 aliphatic carbocycles. The van der Waals surface area contributed by atoms with Gasteiger partial charge in [-0.3, -0.25) is 14.6 Å². The van der Waals surface area contributed by atoms with Gasteiger partial charge in [-0.05, 0) is 69.4 Å². The number of nitrogens with zero attached hydrogens (tertiary/aromatic N) is 2. The second-order valence-electron chi connectivity index (χ2n) is 8.87. The van der Waals surface area contributed by atoms with E-state index < -0.39 is 0 Å². The van der Waals surface area contributed by atoms with E-state index in [9.17, 15) is 9.59 Å². The van der Waals surface area contributed by atoms with E-state index in [1.807, 2.05) is 32.0 Å². The fourth-order valence-corrected chi connectivity index (χ4v) is 4.76. The van der Waals surface area contributed by atoms with Crippen LogP contribution in [0, 0.1) is 6.92 Å². The molecule has 0 saturated carbocycles. The van der Waals surface area contributed by atoms with Crippen molar-refractivity contribution in [2.75, 3.05) is 31.6 Å². The lowest BCUT2D eigenvalue weighted by molar-refractivity contribution is -0.116. The zero-order chi connectivity index (χ0) is 23.7. The van der Waals surface area contributed by atoms with Crippen LogP contribution >= 0.6 is 0 Å². The Morgan fingerprint density at radius 1 is 1.03 bits per heavy atom. The third-order valence-electron chi connectivity index (χ3n) is 6.46. The number of hydrogen-bond acceptors (Lipinski definition) is 5. The lowest BCUT2D eigenvalue weighted by Gasteiger charge is -2.26. The van der Waals surface area contributed by atoms with Crippen molar-refractivity contribution in [1.29, 1.82) is 0 Å². The fraction of sp³-hybridized carbons (Fsp3) is 0.370. The van der Waals surface area contributed by atoms with E-state index in [0.29, 0.717) is 42.5 Å². The van der Waals surface area contributed by atoms with Crippen molar-refractivity contribution in [3.63, 3.8) is 0 Å². The first-order chi connectivity index (χ1) is 16.5. The predicted molar refractivity (Wildman–Crippen MR) is 131 cm³/mol. The molecule has 7 heteroatoms. The lowest BCUT2D eigenvalue weighted by atomic mass is 9.89. The first kappa shape index (κ1) is 22.2. The standard InChI is InChI=1S/C27H29N3O4/c1-3-30(16-25(31)28-18-9-11-23-24(15-18)34-13-12-33-23)27(32)26-19-6-4-5-7-21(19)29-22-10-8-17(2)14-20(22)26/h8-11,14-15H,3-7,12-13,16H2,1-2H3,(H,28,31). The second-order valence-corrected chi connectivity index (χ2v) is 8.87. The summed E-state index contributed by atoms with van der Waals surface area (Å²) in [7, 11) is 0. The highest BCUT2D eigenvalue weighted by atomic mass is 16.6. The number of carbonyl (C=O) groups excluding carboxylic acids is 2. The van der Waals surface area contributed by atoms with Crippen LogP contribution in [0.3, 0.4) is 0 Å². The van der Waals surface area contributed by atoms with E-state index >= 15 is 0 Å². The number of aryl methyl sites for hydroxylation is 2. The van der Waals surface area contributed by atoms with Gasteiger partial charge < -0.3 is 19.7 Å². The number of nitrogens with one attached hydrogen (secondary N) is 1. The van der Waals surface area contributed by atoms with Gasteiger partial charge in [-0.15, -0.1) is 0 Å². The summed E-state index contributed by atoms with van der Waals surface area (Å²) in [5.74, 6) is 0.906. The summed E-state index contributed by atoms with van der Waals surface area (Å²) in [5, 5.41) is 3.76. The summed E-state index contributed by atoms with van der Waals surface area (Å²) in [5.41, 5.74) is 5.30. The summed E-state index contributed by atoms with van der Waals surface area (Å²) in [6, 6.07) is 11.4. The zero-order valence-electron chi connectivity index (χ0n) is 19.6. The Kier molecular flexibility index (Phi) is 6.09. The van der Waals surface area contributed by atoms with E-state index in [1.165, 1.54) is 0 Å². The van der Waals surface area contributed by atoms with Gasteiger partial charge in [0.25, 0.3) is 5.91 Å². The normalized spacial score (nSPS) is 14.4. The molecule has 2 amide bonds. The van der Waals surface area contributed by atoms with Crippen LogP contribution < -0.4 is 14.8 Å². The summed E-state index contributed by atoms with van der Waals surface area (Å²) in [4.78, 5) is 33.2. The molecule has 2 aliphatic rings. The Morgan fingerprint density at radius 2 is 1.82 bits per heavy atom. The number of anilines is 1. The molecule has 0 unspecified atom stereocenters. The first-order valence-electron chi connectivity index (χ1n) is 11.9. The average Bonchev–Trinajstić information content (AvgIpc) is 2.85. The molecule has 0 saturated heterocycles. The average molecular weight is 460 g/mol. The van der Waals surface area contributed by atoms with Crippen molar-refractivity contribution in [1.82, 2.24) is 9.88 Å². The van der Waals surface area contributed by atoms with E-state index in [4.69, 9.17) is 14.5 Å². The Morgan fingerprint density at radius 3 is 2.65 bits per heavy atom. The van der Waals surface area contributed by atoms with E-state index in [-0.39, 0.29) is 18.4 Å². The number of benzene rings is 2. The molecule has 3 aromatic rings. The Hall–Kier alpha value is -3.61. The molecule has 1 N–H and O–H groups in total. The molecule has 0 radical (unpaired) electrons. The molecule has 0 fully saturated rings. The summed E-state index contributed by atoms with van der Waals surface area (Å²) < 4.78 is 11.1. The van der Waals surface area contributed by atoms with E-state index in [2.05, 4.69) is 5.32 Å². The third kappa shape index (κ3) is 4.30. The molecule has 0 atom stereocenters. The maximum Gasteiger partial charge on any atom is 0.255 e. The highest BCUT2D eigenvalue weighted by Gasteiger charge is 2.27. The van der Waals surface area contributed by atoms with Gasteiger partial charge in [0, 0.05) is 29.4 Å². The SMILES string of the molecule is CCN(CC(=O)Nc1ccc2c(c1)OCCO2)C(=O)c1c2c(nc3ccc(C)cc13)CCCC2.